The van der Waals surface area contributed by atoms with Gasteiger partial charge < -0.3 is 5.32 Å². The van der Waals surface area contributed by atoms with Crippen LogP contribution in [0.3, 0.4) is 0 Å². The molecule has 1 atom stereocenters. The van der Waals surface area contributed by atoms with Crippen molar-refractivity contribution in [1.82, 2.24) is 20.3 Å². The van der Waals surface area contributed by atoms with E-state index in [1.165, 1.54) is 18.4 Å². The first-order chi connectivity index (χ1) is 9.33. The Hall–Kier alpha value is -1.81. The van der Waals surface area contributed by atoms with Gasteiger partial charge in [0.05, 0.1) is 11.7 Å². The van der Waals surface area contributed by atoms with Crippen LogP contribution in [0.2, 0.25) is 0 Å². The highest BCUT2D eigenvalue weighted by Gasteiger charge is 2.23. The quantitative estimate of drug-likeness (QED) is 0.891. The molecule has 0 radical (unpaired) electrons. The molecule has 98 valence electrons. The highest BCUT2D eigenvalue weighted by molar-refractivity contribution is 5.22. The van der Waals surface area contributed by atoms with Crippen molar-refractivity contribution in [2.45, 2.75) is 38.3 Å². The minimum Gasteiger partial charge on any atom is -0.302 e. The third-order valence-corrected chi connectivity index (χ3v) is 3.46. The molecule has 1 aliphatic rings. The van der Waals surface area contributed by atoms with Gasteiger partial charge in [-0.1, -0.05) is 6.07 Å². The maximum absolute atomic E-state index is 4.50. The lowest BCUT2D eigenvalue weighted by Gasteiger charge is -2.11. The summed E-state index contributed by atoms with van der Waals surface area (Å²) in [4.78, 5) is 13.0. The second-order valence-electron chi connectivity index (χ2n) is 5.07. The molecule has 0 bridgehead atoms. The Morgan fingerprint density at radius 1 is 1.21 bits per heavy atom. The molecule has 1 saturated carbocycles. The Kier molecular flexibility index (Phi) is 3.51. The van der Waals surface area contributed by atoms with E-state index in [1.54, 1.807) is 12.4 Å². The van der Waals surface area contributed by atoms with Gasteiger partial charge in [0.25, 0.3) is 0 Å². The van der Waals surface area contributed by atoms with Crippen LogP contribution in [0.4, 0.5) is 0 Å². The molecule has 3 rings (SSSR count). The molecule has 2 aromatic rings. The number of aromatic nitrogens is 3. The minimum atomic E-state index is 0.131. The van der Waals surface area contributed by atoms with Gasteiger partial charge in [-0.3, -0.25) is 4.98 Å². The molecule has 1 aliphatic carbocycles. The molecule has 4 heteroatoms. The Bertz CT molecular complexity index is 520. The van der Waals surface area contributed by atoms with Crippen molar-refractivity contribution < 1.29 is 0 Å². The lowest BCUT2D eigenvalue weighted by atomic mass is 10.2. The van der Waals surface area contributed by atoms with E-state index in [9.17, 15) is 0 Å². The first-order valence-corrected chi connectivity index (χ1v) is 6.78. The second kappa shape index (κ2) is 5.45. The largest absolute Gasteiger partial charge is 0.302 e. The fraction of sp³-hybridized carbons (Fsp3) is 0.400. The molecular formula is C15H18N4. The number of nitrogens with one attached hydrogen (secondary N) is 1. The maximum Gasteiger partial charge on any atom is 0.144 e. The highest BCUT2D eigenvalue weighted by Crippen LogP contribution is 2.39. The summed E-state index contributed by atoms with van der Waals surface area (Å²) in [7, 11) is 0. The van der Waals surface area contributed by atoms with Crippen LogP contribution in [0, 0.1) is 0 Å². The number of hydrogen-bond donors (Lipinski definition) is 1. The van der Waals surface area contributed by atoms with Gasteiger partial charge in [-0.25, -0.2) is 9.97 Å². The lowest BCUT2D eigenvalue weighted by molar-refractivity contribution is 0.540. The molecular weight excluding hydrogens is 236 g/mol. The molecule has 0 amide bonds. The Balaban J connectivity index is 1.56. The predicted molar refractivity (Wildman–Crippen MR) is 73.5 cm³/mol. The Morgan fingerprint density at radius 3 is 2.63 bits per heavy atom. The molecule has 0 saturated heterocycles. The van der Waals surface area contributed by atoms with Crippen LogP contribution in [0.25, 0.3) is 0 Å². The van der Waals surface area contributed by atoms with E-state index in [1.807, 2.05) is 12.3 Å². The van der Waals surface area contributed by atoms with E-state index in [2.05, 4.69) is 39.3 Å². The van der Waals surface area contributed by atoms with Crippen LogP contribution < -0.4 is 5.32 Å². The first kappa shape index (κ1) is 12.2. The molecule has 2 heterocycles. The zero-order chi connectivity index (χ0) is 13.1. The van der Waals surface area contributed by atoms with Crippen LogP contribution in [0.15, 0.2) is 36.8 Å². The standard InChI is InChI=1S/C15H18N4/c1-11(15-16-7-2-8-17-15)18-10-14-6-5-13(9-19-14)12-3-4-12/h2,5-9,11-12,18H,3-4,10H2,1H3/t11-/m1/s1. The first-order valence-electron chi connectivity index (χ1n) is 6.78. The van der Waals surface area contributed by atoms with E-state index in [0.29, 0.717) is 0 Å². The fourth-order valence-corrected chi connectivity index (χ4v) is 2.08. The van der Waals surface area contributed by atoms with Gasteiger partial charge in [-0.05, 0) is 43.4 Å². The molecule has 2 aromatic heterocycles. The van der Waals surface area contributed by atoms with Crippen molar-refractivity contribution in [3.63, 3.8) is 0 Å². The summed E-state index contributed by atoms with van der Waals surface area (Å²) in [5.74, 6) is 1.59. The number of nitrogens with zero attached hydrogens (tertiary/aromatic N) is 3. The van der Waals surface area contributed by atoms with Gasteiger partial charge in [0.1, 0.15) is 5.82 Å². The summed E-state index contributed by atoms with van der Waals surface area (Å²) in [5, 5.41) is 3.39. The Morgan fingerprint density at radius 2 is 2.00 bits per heavy atom. The molecule has 1 N–H and O–H groups in total. The van der Waals surface area contributed by atoms with Gasteiger partial charge in [0.15, 0.2) is 0 Å². The van der Waals surface area contributed by atoms with Gasteiger partial charge in [0, 0.05) is 25.1 Å². The Labute approximate surface area is 113 Å². The molecule has 0 aliphatic heterocycles. The fourth-order valence-electron chi connectivity index (χ4n) is 2.08. The normalized spacial score (nSPS) is 16.3. The highest BCUT2D eigenvalue weighted by atomic mass is 15.0. The van der Waals surface area contributed by atoms with Crippen molar-refractivity contribution >= 4 is 0 Å². The van der Waals surface area contributed by atoms with Crippen LogP contribution in [0.5, 0.6) is 0 Å². The van der Waals surface area contributed by atoms with E-state index < -0.39 is 0 Å². The number of hydrogen-bond acceptors (Lipinski definition) is 4. The van der Waals surface area contributed by atoms with Crippen molar-refractivity contribution in [2.75, 3.05) is 0 Å². The van der Waals surface area contributed by atoms with E-state index >= 15 is 0 Å². The zero-order valence-corrected chi connectivity index (χ0v) is 11.1. The van der Waals surface area contributed by atoms with Gasteiger partial charge in [-0.15, -0.1) is 0 Å². The molecule has 0 aromatic carbocycles. The summed E-state index contributed by atoms with van der Waals surface area (Å²) in [6, 6.07) is 6.27. The summed E-state index contributed by atoms with van der Waals surface area (Å²) < 4.78 is 0. The molecule has 0 unspecified atom stereocenters. The van der Waals surface area contributed by atoms with Crippen molar-refractivity contribution in [3.05, 3.63) is 53.9 Å². The number of pyridine rings is 1. The van der Waals surface area contributed by atoms with E-state index in [-0.39, 0.29) is 6.04 Å². The third kappa shape index (κ3) is 3.15. The predicted octanol–water partition coefficient (Wildman–Crippen LogP) is 2.60. The van der Waals surface area contributed by atoms with E-state index in [4.69, 9.17) is 0 Å². The lowest BCUT2D eigenvalue weighted by Crippen LogP contribution is -2.20. The topological polar surface area (TPSA) is 50.7 Å². The molecule has 19 heavy (non-hydrogen) atoms. The molecule has 0 spiro atoms. The SMILES string of the molecule is C[C@@H](NCc1ccc(C2CC2)cn1)c1ncccn1. The van der Waals surface area contributed by atoms with Gasteiger partial charge in [0.2, 0.25) is 0 Å². The number of rotatable bonds is 5. The van der Waals surface area contributed by atoms with Crippen LogP contribution in [0.1, 0.15) is 48.8 Å². The average Bonchev–Trinajstić information content (AvgIpc) is 3.31. The van der Waals surface area contributed by atoms with Crippen molar-refractivity contribution in [3.8, 4) is 0 Å². The van der Waals surface area contributed by atoms with E-state index in [0.717, 1.165) is 24.0 Å². The van der Waals surface area contributed by atoms with Crippen molar-refractivity contribution in [2.24, 2.45) is 0 Å². The third-order valence-electron chi connectivity index (χ3n) is 3.46. The molecule has 4 nitrogen and oxygen atoms in total. The summed E-state index contributed by atoms with van der Waals surface area (Å²) in [6.07, 6.45) is 8.19. The maximum atomic E-state index is 4.50. The smallest absolute Gasteiger partial charge is 0.144 e. The second-order valence-corrected chi connectivity index (χ2v) is 5.07. The summed E-state index contributed by atoms with van der Waals surface area (Å²) >= 11 is 0. The monoisotopic (exact) mass is 254 g/mol. The molecule has 1 fully saturated rings. The summed E-state index contributed by atoms with van der Waals surface area (Å²) in [5.41, 5.74) is 2.44. The van der Waals surface area contributed by atoms with Gasteiger partial charge in [-0.2, -0.15) is 0 Å². The van der Waals surface area contributed by atoms with Crippen LogP contribution in [-0.2, 0) is 6.54 Å². The average molecular weight is 254 g/mol. The zero-order valence-electron chi connectivity index (χ0n) is 11.1. The van der Waals surface area contributed by atoms with Crippen LogP contribution in [-0.4, -0.2) is 15.0 Å². The van der Waals surface area contributed by atoms with Crippen LogP contribution >= 0.6 is 0 Å². The summed E-state index contributed by atoms with van der Waals surface area (Å²) in [6.45, 7) is 2.80. The van der Waals surface area contributed by atoms with Crippen molar-refractivity contribution in [1.29, 1.82) is 0 Å². The minimum absolute atomic E-state index is 0.131. The van der Waals surface area contributed by atoms with Gasteiger partial charge >= 0.3 is 0 Å².